The molecule has 3 fully saturated rings. The largest absolute Gasteiger partial charge is 0.393 e. The van der Waals surface area contributed by atoms with Crippen LogP contribution < -0.4 is 5.32 Å². The lowest BCUT2D eigenvalue weighted by Crippen LogP contribution is -2.49. The highest BCUT2D eigenvalue weighted by Crippen LogP contribution is 2.30. The highest BCUT2D eigenvalue weighted by Gasteiger charge is 2.40. The minimum atomic E-state index is -0.259. The summed E-state index contributed by atoms with van der Waals surface area (Å²) in [5, 5.41) is 12.2. The van der Waals surface area contributed by atoms with Crippen LogP contribution in [0.5, 0.6) is 0 Å². The number of nitrogens with one attached hydrogen (secondary N) is 1. The minimum absolute atomic E-state index is 0.00857. The average molecular weight is 266 g/mol. The number of aliphatic hydroxyl groups is 1. The normalized spacial score (nSPS) is 35.5. The molecule has 0 spiro atoms. The average Bonchev–Trinajstić information content (AvgIpc) is 2.95. The van der Waals surface area contributed by atoms with Gasteiger partial charge in [0.2, 0.25) is 11.8 Å². The van der Waals surface area contributed by atoms with Crippen molar-refractivity contribution >= 4 is 11.8 Å². The number of carbonyl (C=O) groups is 2. The minimum Gasteiger partial charge on any atom is -0.393 e. The molecule has 19 heavy (non-hydrogen) atoms. The maximum absolute atomic E-state index is 12.1. The second-order valence-electron chi connectivity index (χ2n) is 6.22. The molecule has 0 aromatic rings. The van der Waals surface area contributed by atoms with Crippen LogP contribution in [0.4, 0.5) is 0 Å². The van der Waals surface area contributed by atoms with E-state index in [0.29, 0.717) is 31.8 Å². The summed E-state index contributed by atoms with van der Waals surface area (Å²) in [6, 6.07) is 0.481. The van der Waals surface area contributed by atoms with Crippen molar-refractivity contribution in [2.75, 3.05) is 6.54 Å². The fraction of sp³-hybridized carbons (Fsp3) is 0.857. The molecule has 2 N–H and O–H groups in total. The van der Waals surface area contributed by atoms with Gasteiger partial charge >= 0.3 is 0 Å². The third-order valence-electron chi connectivity index (χ3n) is 4.75. The molecule has 3 aliphatic rings. The van der Waals surface area contributed by atoms with E-state index in [9.17, 15) is 14.7 Å². The number of amides is 2. The Balaban J connectivity index is 1.52. The number of likely N-dealkylation sites (tertiary alicyclic amines) is 1. The first-order chi connectivity index (χ1) is 9.13. The summed E-state index contributed by atoms with van der Waals surface area (Å²) in [4.78, 5) is 26.0. The molecule has 0 aromatic heterocycles. The molecular formula is C14H22N2O3. The summed E-state index contributed by atoms with van der Waals surface area (Å²) in [5.41, 5.74) is 0. The molecule has 5 nitrogen and oxygen atoms in total. The fourth-order valence-corrected chi connectivity index (χ4v) is 3.50. The predicted molar refractivity (Wildman–Crippen MR) is 69.2 cm³/mol. The number of rotatable bonds is 3. The zero-order valence-electron chi connectivity index (χ0n) is 11.2. The van der Waals surface area contributed by atoms with Gasteiger partial charge < -0.3 is 15.3 Å². The maximum Gasteiger partial charge on any atom is 0.225 e. The van der Waals surface area contributed by atoms with E-state index in [1.807, 2.05) is 4.90 Å². The summed E-state index contributed by atoms with van der Waals surface area (Å²) in [6.45, 7) is 0.588. The van der Waals surface area contributed by atoms with Gasteiger partial charge in [0.05, 0.1) is 12.0 Å². The number of carbonyl (C=O) groups excluding carboxylic acids is 2. The number of hydrogen-bond acceptors (Lipinski definition) is 3. The van der Waals surface area contributed by atoms with Gasteiger partial charge in [-0.3, -0.25) is 9.59 Å². The standard InChI is InChI=1S/C14H22N2O3/c17-12-6-10(7-12)15-14(19)9-5-13(18)16(8-9)11-3-1-2-4-11/h9-12,17H,1-8H2,(H,15,19). The third-order valence-corrected chi connectivity index (χ3v) is 4.75. The lowest BCUT2D eigenvalue weighted by atomic mass is 9.89. The highest BCUT2D eigenvalue weighted by molar-refractivity contribution is 5.89. The number of nitrogens with zero attached hydrogens (tertiary/aromatic N) is 1. The van der Waals surface area contributed by atoms with Crippen molar-refractivity contribution in [3.05, 3.63) is 0 Å². The fourth-order valence-electron chi connectivity index (χ4n) is 3.50. The van der Waals surface area contributed by atoms with Crippen LogP contribution in [0.15, 0.2) is 0 Å². The summed E-state index contributed by atoms with van der Waals surface area (Å²) in [6.07, 6.45) is 5.99. The lowest BCUT2D eigenvalue weighted by molar-refractivity contribution is -0.130. The molecule has 2 aliphatic carbocycles. The van der Waals surface area contributed by atoms with Crippen molar-refractivity contribution in [2.24, 2.45) is 5.92 Å². The van der Waals surface area contributed by atoms with E-state index in [1.54, 1.807) is 0 Å². The monoisotopic (exact) mass is 266 g/mol. The van der Waals surface area contributed by atoms with Crippen molar-refractivity contribution in [3.63, 3.8) is 0 Å². The van der Waals surface area contributed by atoms with Crippen LogP contribution in [-0.4, -0.2) is 46.6 Å². The molecule has 1 saturated heterocycles. The summed E-state index contributed by atoms with van der Waals surface area (Å²) in [7, 11) is 0. The first-order valence-electron chi connectivity index (χ1n) is 7.41. The van der Waals surface area contributed by atoms with Crippen molar-refractivity contribution in [1.82, 2.24) is 10.2 Å². The van der Waals surface area contributed by atoms with Crippen LogP contribution in [0, 0.1) is 5.92 Å². The van der Waals surface area contributed by atoms with Crippen molar-refractivity contribution in [3.8, 4) is 0 Å². The molecule has 1 atom stereocenters. The van der Waals surface area contributed by atoms with Gasteiger partial charge in [-0.15, -0.1) is 0 Å². The molecule has 5 heteroatoms. The van der Waals surface area contributed by atoms with Crippen LogP contribution >= 0.6 is 0 Å². The summed E-state index contributed by atoms with van der Waals surface area (Å²) in [5.74, 6) is -0.0581. The SMILES string of the molecule is O=C(NC1CC(O)C1)C1CC(=O)N(C2CCCC2)C1. The Labute approximate surface area is 113 Å². The smallest absolute Gasteiger partial charge is 0.225 e. The molecule has 1 unspecified atom stereocenters. The number of hydrogen-bond donors (Lipinski definition) is 2. The van der Waals surface area contributed by atoms with Crippen LogP contribution in [0.2, 0.25) is 0 Å². The Hall–Kier alpha value is -1.10. The molecule has 0 aromatic carbocycles. The number of aliphatic hydroxyl groups excluding tert-OH is 1. The first kappa shape index (κ1) is 12.9. The van der Waals surface area contributed by atoms with Crippen molar-refractivity contribution < 1.29 is 14.7 Å². The van der Waals surface area contributed by atoms with E-state index in [-0.39, 0.29) is 29.9 Å². The lowest BCUT2D eigenvalue weighted by Gasteiger charge is -2.32. The molecular weight excluding hydrogens is 244 g/mol. The Bertz CT molecular complexity index is 373. The van der Waals surface area contributed by atoms with E-state index in [0.717, 1.165) is 12.8 Å². The van der Waals surface area contributed by atoms with E-state index < -0.39 is 0 Å². The zero-order valence-corrected chi connectivity index (χ0v) is 11.2. The van der Waals surface area contributed by atoms with Crippen molar-refractivity contribution in [2.45, 2.75) is 63.1 Å². The van der Waals surface area contributed by atoms with Gasteiger partial charge in [-0.1, -0.05) is 12.8 Å². The molecule has 1 aliphatic heterocycles. The molecule has 1 heterocycles. The Morgan fingerprint density at radius 3 is 2.58 bits per heavy atom. The van der Waals surface area contributed by atoms with Gasteiger partial charge in [0, 0.05) is 25.0 Å². The summed E-state index contributed by atoms with van der Waals surface area (Å²) < 4.78 is 0. The predicted octanol–water partition coefficient (Wildman–Crippen LogP) is 0.417. The third kappa shape index (κ3) is 2.61. The first-order valence-corrected chi connectivity index (χ1v) is 7.41. The molecule has 3 rings (SSSR count). The van der Waals surface area contributed by atoms with E-state index >= 15 is 0 Å². The highest BCUT2D eigenvalue weighted by atomic mass is 16.3. The van der Waals surface area contributed by atoms with Gasteiger partial charge in [0.15, 0.2) is 0 Å². The van der Waals surface area contributed by atoms with E-state index in [4.69, 9.17) is 0 Å². The van der Waals surface area contributed by atoms with E-state index in [1.165, 1.54) is 12.8 Å². The van der Waals surface area contributed by atoms with Crippen LogP contribution in [0.25, 0.3) is 0 Å². The molecule has 0 bridgehead atoms. The quantitative estimate of drug-likeness (QED) is 0.777. The second kappa shape index (κ2) is 5.12. The van der Waals surface area contributed by atoms with Crippen LogP contribution in [0.1, 0.15) is 44.9 Å². The van der Waals surface area contributed by atoms with Crippen molar-refractivity contribution in [1.29, 1.82) is 0 Å². The van der Waals surface area contributed by atoms with Gasteiger partial charge in [-0.05, 0) is 25.7 Å². The van der Waals surface area contributed by atoms with Gasteiger partial charge in [-0.2, -0.15) is 0 Å². The topological polar surface area (TPSA) is 69.6 Å². The zero-order chi connectivity index (χ0) is 13.4. The summed E-state index contributed by atoms with van der Waals surface area (Å²) >= 11 is 0. The molecule has 2 amide bonds. The molecule has 0 radical (unpaired) electrons. The van der Waals surface area contributed by atoms with E-state index in [2.05, 4.69) is 5.32 Å². The molecule has 106 valence electrons. The maximum atomic E-state index is 12.1. The second-order valence-corrected chi connectivity index (χ2v) is 6.22. The Kier molecular flexibility index (Phi) is 3.48. The molecule has 2 saturated carbocycles. The van der Waals surface area contributed by atoms with Gasteiger partial charge in [0.1, 0.15) is 0 Å². The van der Waals surface area contributed by atoms with Crippen LogP contribution in [0.3, 0.4) is 0 Å². The van der Waals surface area contributed by atoms with Gasteiger partial charge in [-0.25, -0.2) is 0 Å². The Morgan fingerprint density at radius 1 is 1.26 bits per heavy atom. The Morgan fingerprint density at radius 2 is 1.95 bits per heavy atom. The van der Waals surface area contributed by atoms with Gasteiger partial charge in [0.25, 0.3) is 0 Å². The van der Waals surface area contributed by atoms with Crippen LogP contribution in [-0.2, 0) is 9.59 Å².